The minimum absolute atomic E-state index is 0.204. The summed E-state index contributed by atoms with van der Waals surface area (Å²) < 4.78 is 19.1. The number of nitrogens with zero attached hydrogens (tertiary/aromatic N) is 3. The molecule has 0 aliphatic heterocycles. The molecule has 1 aromatic heterocycles. The fourth-order valence-corrected chi connectivity index (χ4v) is 1.62. The van der Waals surface area contributed by atoms with Crippen molar-refractivity contribution in [3.63, 3.8) is 0 Å². The van der Waals surface area contributed by atoms with Gasteiger partial charge in [-0.2, -0.15) is 4.98 Å². The van der Waals surface area contributed by atoms with E-state index in [1.54, 1.807) is 0 Å². The molecule has 0 saturated heterocycles. The van der Waals surface area contributed by atoms with Crippen LogP contribution in [-0.2, 0) is 0 Å². The third-order valence-electron chi connectivity index (χ3n) is 2.10. The van der Waals surface area contributed by atoms with Crippen molar-refractivity contribution < 1.29 is 14.1 Å². The molecule has 0 saturated carbocycles. The van der Waals surface area contributed by atoms with E-state index in [4.69, 9.17) is 10.5 Å². The van der Waals surface area contributed by atoms with Crippen LogP contribution < -0.4 is 10.5 Å². The number of rotatable bonds is 3. The van der Waals surface area contributed by atoms with Crippen LogP contribution in [0.3, 0.4) is 0 Å². The normalized spacial score (nSPS) is 10.2. The summed E-state index contributed by atoms with van der Waals surface area (Å²) in [7, 11) is 0. The summed E-state index contributed by atoms with van der Waals surface area (Å²) in [5, 5.41) is 10.8. The zero-order valence-electron chi connectivity index (χ0n) is 9.21. The van der Waals surface area contributed by atoms with Crippen molar-refractivity contribution in [1.29, 1.82) is 0 Å². The van der Waals surface area contributed by atoms with Gasteiger partial charge in [-0.1, -0.05) is 15.9 Å². The highest BCUT2D eigenvalue weighted by atomic mass is 79.9. The first kappa shape index (κ1) is 13.1. The number of benzene rings is 1. The van der Waals surface area contributed by atoms with E-state index in [9.17, 15) is 14.5 Å². The van der Waals surface area contributed by atoms with Crippen molar-refractivity contribution in [3.05, 3.63) is 44.9 Å². The first-order valence-corrected chi connectivity index (χ1v) is 5.66. The molecule has 2 N–H and O–H groups in total. The number of aromatic nitrogens is 2. The Morgan fingerprint density at radius 1 is 1.42 bits per heavy atom. The molecule has 2 aromatic rings. The maximum Gasteiger partial charge on any atom is 0.372 e. The molecule has 1 aromatic carbocycles. The molecule has 0 amide bonds. The second-order valence-electron chi connectivity index (χ2n) is 3.35. The summed E-state index contributed by atoms with van der Waals surface area (Å²) in [6.07, 6.45) is 0.994. The van der Waals surface area contributed by atoms with E-state index >= 15 is 0 Å². The van der Waals surface area contributed by atoms with Gasteiger partial charge in [-0.25, -0.2) is 9.37 Å². The summed E-state index contributed by atoms with van der Waals surface area (Å²) in [4.78, 5) is 17.1. The maximum atomic E-state index is 13.6. The van der Waals surface area contributed by atoms with Crippen LogP contribution in [0.2, 0.25) is 0 Å². The number of halogens is 2. The van der Waals surface area contributed by atoms with Gasteiger partial charge in [0, 0.05) is 4.47 Å². The number of hydrogen-bond acceptors (Lipinski definition) is 6. The minimum atomic E-state index is -0.790. The summed E-state index contributed by atoms with van der Waals surface area (Å²) in [5.74, 6) is -1.67. The maximum absolute atomic E-state index is 13.6. The number of anilines is 1. The Hall–Kier alpha value is -2.29. The molecule has 0 unspecified atom stereocenters. The minimum Gasteiger partial charge on any atom is -0.430 e. The molecule has 9 heteroatoms. The molecule has 2 rings (SSSR count). The molecule has 98 valence electrons. The highest BCUT2D eigenvalue weighted by Gasteiger charge is 2.23. The van der Waals surface area contributed by atoms with Gasteiger partial charge in [-0.15, -0.1) is 0 Å². The number of nitro groups is 1. The van der Waals surface area contributed by atoms with Crippen LogP contribution in [0.4, 0.5) is 15.9 Å². The third-order valence-corrected chi connectivity index (χ3v) is 2.59. The van der Waals surface area contributed by atoms with Crippen LogP contribution in [0.15, 0.2) is 29.0 Å². The largest absolute Gasteiger partial charge is 0.430 e. The average molecular weight is 329 g/mol. The number of ether oxygens (including phenoxy) is 1. The summed E-state index contributed by atoms with van der Waals surface area (Å²) in [6.45, 7) is 0. The molecule has 19 heavy (non-hydrogen) atoms. The first-order chi connectivity index (χ1) is 8.99. The Balaban J connectivity index is 2.44. The van der Waals surface area contributed by atoms with Crippen molar-refractivity contribution in [2.45, 2.75) is 0 Å². The Morgan fingerprint density at radius 2 is 2.16 bits per heavy atom. The lowest BCUT2D eigenvalue weighted by atomic mass is 10.3. The lowest BCUT2D eigenvalue weighted by Gasteiger charge is -2.06. The topological polar surface area (TPSA) is 104 Å². The molecule has 0 fully saturated rings. The molecule has 1 heterocycles. The SMILES string of the molecule is Nc1ncnc(Oc2ccc(Br)cc2F)c1[N+](=O)[O-]. The van der Waals surface area contributed by atoms with Gasteiger partial charge in [0.1, 0.15) is 6.33 Å². The number of nitrogen functional groups attached to an aromatic ring is 1. The Morgan fingerprint density at radius 3 is 2.79 bits per heavy atom. The highest BCUT2D eigenvalue weighted by molar-refractivity contribution is 9.10. The van der Waals surface area contributed by atoms with Gasteiger partial charge in [0.05, 0.1) is 4.92 Å². The van der Waals surface area contributed by atoms with Crippen molar-refractivity contribution in [2.24, 2.45) is 0 Å². The zero-order chi connectivity index (χ0) is 14.0. The van der Waals surface area contributed by atoms with Gasteiger partial charge in [-0.05, 0) is 18.2 Å². The molecular weight excluding hydrogens is 323 g/mol. The van der Waals surface area contributed by atoms with E-state index < -0.39 is 22.3 Å². The van der Waals surface area contributed by atoms with E-state index in [1.807, 2.05) is 0 Å². The summed E-state index contributed by atoms with van der Waals surface area (Å²) in [6, 6.07) is 3.99. The van der Waals surface area contributed by atoms with Crippen molar-refractivity contribution in [3.8, 4) is 11.6 Å². The van der Waals surface area contributed by atoms with E-state index in [2.05, 4.69) is 25.9 Å². The van der Waals surface area contributed by atoms with Crippen LogP contribution in [-0.4, -0.2) is 14.9 Å². The highest BCUT2D eigenvalue weighted by Crippen LogP contribution is 2.33. The van der Waals surface area contributed by atoms with Crippen molar-refractivity contribution in [1.82, 2.24) is 9.97 Å². The molecule has 0 aliphatic carbocycles. The van der Waals surface area contributed by atoms with Crippen LogP contribution >= 0.6 is 15.9 Å². The quantitative estimate of drug-likeness (QED) is 0.686. The molecule has 0 atom stereocenters. The molecule has 0 radical (unpaired) electrons. The van der Waals surface area contributed by atoms with Gasteiger partial charge in [-0.3, -0.25) is 10.1 Å². The van der Waals surface area contributed by atoms with E-state index in [1.165, 1.54) is 12.1 Å². The van der Waals surface area contributed by atoms with Gasteiger partial charge < -0.3 is 10.5 Å². The van der Waals surface area contributed by atoms with Gasteiger partial charge in [0.25, 0.3) is 0 Å². The lowest BCUT2D eigenvalue weighted by molar-refractivity contribution is -0.385. The second kappa shape index (κ2) is 5.14. The standard InChI is InChI=1S/C10H6BrFN4O3/c11-5-1-2-7(6(12)3-5)19-10-8(16(17)18)9(13)14-4-15-10/h1-4H,(H2,13,14,15). The zero-order valence-corrected chi connectivity index (χ0v) is 10.8. The molecular formula is C10H6BrFN4O3. The number of nitrogens with two attached hydrogens (primary N) is 1. The Kier molecular flexibility index (Phi) is 3.56. The van der Waals surface area contributed by atoms with Crippen molar-refractivity contribution in [2.75, 3.05) is 5.73 Å². The molecule has 0 aliphatic rings. The molecule has 0 bridgehead atoms. The molecule has 0 spiro atoms. The second-order valence-corrected chi connectivity index (χ2v) is 4.26. The van der Waals surface area contributed by atoms with Gasteiger partial charge in [0.15, 0.2) is 11.6 Å². The lowest BCUT2D eigenvalue weighted by Crippen LogP contribution is -2.03. The Labute approximate surface area is 114 Å². The third kappa shape index (κ3) is 2.76. The van der Waals surface area contributed by atoms with Crippen LogP contribution in [0.25, 0.3) is 0 Å². The van der Waals surface area contributed by atoms with Crippen molar-refractivity contribution >= 4 is 27.4 Å². The van der Waals surface area contributed by atoms with E-state index in [0.29, 0.717) is 4.47 Å². The Bertz CT molecular complexity index is 653. The summed E-state index contributed by atoms with van der Waals surface area (Å²) in [5.41, 5.74) is 4.76. The summed E-state index contributed by atoms with van der Waals surface area (Å²) >= 11 is 3.08. The predicted molar refractivity (Wildman–Crippen MR) is 67.3 cm³/mol. The van der Waals surface area contributed by atoms with Crippen LogP contribution in [0, 0.1) is 15.9 Å². The number of hydrogen-bond donors (Lipinski definition) is 1. The monoisotopic (exact) mass is 328 g/mol. The smallest absolute Gasteiger partial charge is 0.372 e. The van der Waals surface area contributed by atoms with E-state index in [-0.39, 0.29) is 11.6 Å². The molecule has 7 nitrogen and oxygen atoms in total. The van der Waals surface area contributed by atoms with E-state index in [0.717, 1.165) is 12.4 Å². The van der Waals surface area contributed by atoms with Gasteiger partial charge >= 0.3 is 11.6 Å². The van der Waals surface area contributed by atoms with Gasteiger partial charge in [0.2, 0.25) is 5.82 Å². The van der Waals surface area contributed by atoms with Crippen LogP contribution in [0.1, 0.15) is 0 Å². The van der Waals surface area contributed by atoms with Crippen LogP contribution in [0.5, 0.6) is 11.6 Å². The predicted octanol–water partition coefficient (Wildman–Crippen LogP) is 2.66. The average Bonchev–Trinajstić information content (AvgIpc) is 2.32. The fourth-order valence-electron chi connectivity index (χ4n) is 1.28. The fraction of sp³-hybridized carbons (Fsp3) is 0. The first-order valence-electron chi connectivity index (χ1n) is 4.87.